The molecule has 0 saturated carbocycles. The minimum absolute atomic E-state index is 0.0404. The molecule has 3 atom stereocenters. The number of aliphatic hydroxyl groups is 2. The molecule has 0 radical (unpaired) electrons. The average Bonchev–Trinajstić information content (AvgIpc) is 2.77. The molecule has 0 aliphatic carbocycles. The molecule has 2 heterocycles. The van der Waals surface area contributed by atoms with Crippen LogP contribution in [0, 0.1) is 0 Å². The second-order valence-corrected chi connectivity index (χ2v) is 5.82. The smallest absolute Gasteiger partial charge is 0.395 e. The zero-order valence-electron chi connectivity index (χ0n) is 12.2. The van der Waals surface area contributed by atoms with E-state index in [0.29, 0.717) is 25.9 Å². The summed E-state index contributed by atoms with van der Waals surface area (Å²) in [6.07, 6.45) is -3.88. The van der Waals surface area contributed by atoms with Crippen LogP contribution in [0.4, 0.5) is 8.78 Å². The molecule has 3 rings (SSSR count). The van der Waals surface area contributed by atoms with Gasteiger partial charge >= 0.3 is 6.29 Å². The van der Waals surface area contributed by atoms with Crippen molar-refractivity contribution in [2.45, 2.75) is 44.3 Å². The van der Waals surface area contributed by atoms with Gasteiger partial charge in [0.05, 0.1) is 12.2 Å². The van der Waals surface area contributed by atoms with Crippen LogP contribution in [0.2, 0.25) is 0 Å². The molecule has 0 unspecified atom stereocenters. The van der Waals surface area contributed by atoms with E-state index in [0.717, 1.165) is 5.56 Å². The number of likely N-dealkylation sites (tertiary alicyclic amines) is 1. The molecule has 1 aromatic rings. The van der Waals surface area contributed by atoms with Gasteiger partial charge in [-0.2, -0.15) is 0 Å². The van der Waals surface area contributed by atoms with Gasteiger partial charge < -0.3 is 19.7 Å². The first-order valence-electron chi connectivity index (χ1n) is 7.35. The molecule has 1 fully saturated rings. The van der Waals surface area contributed by atoms with Crippen LogP contribution in [0.5, 0.6) is 11.5 Å². The molecule has 0 bridgehead atoms. The summed E-state index contributed by atoms with van der Waals surface area (Å²) in [4.78, 5) is 2.08. The van der Waals surface area contributed by atoms with Crippen molar-refractivity contribution in [1.82, 2.24) is 4.90 Å². The third kappa shape index (κ3) is 3.02. The highest BCUT2D eigenvalue weighted by molar-refractivity contribution is 5.45. The summed E-state index contributed by atoms with van der Waals surface area (Å²) in [5.74, 6) is 0.0864. The van der Waals surface area contributed by atoms with Crippen molar-refractivity contribution < 1.29 is 28.5 Å². The number of ether oxygens (including phenoxy) is 2. The lowest BCUT2D eigenvalue weighted by molar-refractivity contribution is -0.286. The van der Waals surface area contributed by atoms with Crippen LogP contribution in [-0.4, -0.2) is 52.7 Å². The summed E-state index contributed by atoms with van der Waals surface area (Å²) < 4.78 is 34.7. The lowest BCUT2D eigenvalue weighted by atomic mass is 9.97. The van der Waals surface area contributed by atoms with Crippen molar-refractivity contribution in [3.63, 3.8) is 0 Å². The van der Waals surface area contributed by atoms with E-state index in [1.165, 1.54) is 6.07 Å². The van der Waals surface area contributed by atoms with E-state index in [1.807, 2.05) is 6.92 Å². The minimum atomic E-state index is -3.59. The molecule has 0 aromatic heterocycles. The number of aliphatic hydroxyl groups excluding tert-OH is 2. The average molecular weight is 315 g/mol. The van der Waals surface area contributed by atoms with Crippen LogP contribution in [-0.2, 0) is 6.42 Å². The number of benzene rings is 1. The van der Waals surface area contributed by atoms with E-state index < -0.39 is 18.5 Å². The summed E-state index contributed by atoms with van der Waals surface area (Å²) in [5, 5.41) is 19.5. The van der Waals surface area contributed by atoms with E-state index in [2.05, 4.69) is 14.4 Å². The number of nitrogens with zero attached hydrogens (tertiary/aromatic N) is 1. The Morgan fingerprint density at radius 2 is 2.00 bits per heavy atom. The Morgan fingerprint density at radius 3 is 2.77 bits per heavy atom. The van der Waals surface area contributed by atoms with Crippen molar-refractivity contribution in [2.24, 2.45) is 0 Å². The zero-order valence-corrected chi connectivity index (χ0v) is 12.2. The number of fused-ring (bicyclic) bond motifs is 1. The SMILES string of the molecule is C[C@@H]1[C@@H](O)[C@H](O)CCN1CCc1ccc2c(c1)OC(F)(F)O2. The first kappa shape index (κ1) is 15.5. The van der Waals surface area contributed by atoms with Gasteiger partial charge in [-0.15, -0.1) is 8.78 Å². The second-order valence-electron chi connectivity index (χ2n) is 5.82. The lowest BCUT2D eigenvalue weighted by Crippen LogP contribution is -2.53. The Hall–Kier alpha value is -1.44. The predicted molar refractivity (Wildman–Crippen MR) is 74.0 cm³/mol. The topological polar surface area (TPSA) is 62.2 Å². The van der Waals surface area contributed by atoms with Gasteiger partial charge in [0, 0.05) is 19.1 Å². The van der Waals surface area contributed by atoms with Gasteiger partial charge in [-0.05, 0) is 37.5 Å². The number of hydrogen-bond acceptors (Lipinski definition) is 5. The van der Waals surface area contributed by atoms with E-state index in [4.69, 9.17) is 0 Å². The van der Waals surface area contributed by atoms with Gasteiger partial charge in [0.2, 0.25) is 0 Å². The van der Waals surface area contributed by atoms with Crippen molar-refractivity contribution >= 4 is 0 Å². The molecule has 7 heteroatoms. The van der Waals surface area contributed by atoms with E-state index in [-0.39, 0.29) is 17.5 Å². The molecule has 1 aromatic carbocycles. The second kappa shape index (κ2) is 5.64. The minimum Gasteiger partial charge on any atom is -0.395 e. The molecule has 2 aliphatic rings. The summed E-state index contributed by atoms with van der Waals surface area (Å²) >= 11 is 0. The molecule has 2 N–H and O–H groups in total. The Kier molecular flexibility index (Phi) is 3.96. The number of alkyl halides is 2. The number of piperidine rings is 1. The Bertz CT molecular complexity index is 554. The highest BCUT2D eigenvalue weighted by Gasteiger charge is 2.43. The Balaban J connectivity index is 1.61. The number of hydrogen-bond donors (Lipinski definition) is 2. The molecule has 122 valence electrons. The third-order valence-corrected chi connectivity index (χ3v) is 4.33. The fourth-order valence-electron chi connectivity index (χ4n) is 2.95. The molecule has 22 heavy (non-hydrogen) atoms. The van der Waals surface area contributed by atoms with Crippen molar-refractivity contribution in [2.75, 3.05) is 13.1 Å². The molecule has 0 amide bonds. The Morgan fingerprint density at radius 1 is 1.27 bits per heavy atom. The fraction of sp³-hybridized carbons (Fsp3) is 0.600. The highest BCUT2D eigenvalue weighted by Crippen LogP contribution is 2.41. The molecule has 1 saturated heterocycles. The summed E-state index contributed by atoms with van der Waals surface area (Å²) in [5.41, 5.74) is 0.855. The molecule has 0 spiro atoms. The van der Waals surface area contributed by atoms with Crippen molar-refractivity contribution in [3.8, 4) is 11.5 Å². The quantitative estimate of drug-likeness (QED) is 0.882. The lowest BCUT2D eigenvalue weighted by Gasteiger charge is -2.39. The molecule has 5 nitrogen and oxygen atoms in total. The normalized spacial score (nSPS) is 30.5. The van der Waals surface area contributed by atoms with Crippen LogP contribution in [0.25, 0.3) is 0 Å². The monoisotopic (exact) mass is 315 g/mol. The predicted octanol–water partition coefficient (Wildman–Crippen LogP) is 1.37. The maximum Gasteiger partial charge on any atom is 0.586 e. The van der Waals surface area contributed by atoms with Crippen LogP contribution in [0.1, 0.15) is 18.9 Å². The number of rotatable bonds is 3. The first-order valence-corrected chi connectivity index (χ1v) is 7.35. The van der Waals surface area contributed by atoms with Crippen molar-refractivity contribution in [1.29, 1.82) is 0 Å². The summed E-state index contributed by atoms with van der Waals surface area (Å²) in [7, 11) is 0. The van der Waals surface area contributed by atoms with E-state index in [1.54, 1.807) is 12.1 Å². The third-order valence-electron chi connectivity index (χ3n) is 4.33. The molecular weight excluding hydrogens is 296 g/mol. The van der Waals surface area contributed by atoms with Crippen LogP contribution < -0.4 is 9.47 Å². The summed E-state index contributed by atoms with van der Waals surface area (Å²) in [6, 6.07) is 4.62. The van der Waals surface area contributed by atoms with E-state index in [9.17, 15) is 19.0 Å². The zero-order chi connectivity index (χ0) is 15.9. The van der Waals surface area contributed by atoms with Gasteiger partial charge in [0.1, 0.15) is 0 Å². The number of halogens is 2. The van der Waals surface area contributed by atoms with Crippen LogP contribution in [0.15, 0.2) is 18.2 Å². The standard InChI is InChI=1S/C15H19F2NO4/c1-9-14(20)11(19)5-7-18(9)6-4-10-2-3-12-13(8-10)22-15(16,17)21-12/h2-3,8-9,11,14,19-20H,4-7H2,1H3/t9-,11-,14-/m1/s1. The van der Waals surface area contributed by atoms with Gasteiger partial charge in [-0.25, -0.2) is 0 Å². The Labute approximate surface area is 127 Å². The highest BCUT2D eigenvalue weighted by atomic mass is 19.3. The van der Waals surface area contributed by atoms with Crippen LogP contribution in [0.3, 0.4) is 0 Å². The molecular formula is C15H19F2NO4. The van der Waals surface area contributed by atoms with E-state index >= 15 is 0 Å². The van der Waals surface area contributed by atoms with Gasteiger partial charge in [0.15, 0.2) is 11.5 Å². The largest absolute Gasteiger partial charge is 0.586 e. The van der Waals surface area contributed by atoms with Gasteiger partial charge in [-0.1, -0.05) is 6.07 Å². The maximum atomic E-state index is 13.0. The van der Waals surface area contributed by atoms with Crippen molar-refractivity contribution in [3.05, 3.63) is 23.8 Å². The van der Waals surface area contributed by atoms with Gasteiger partial charge in [-0.3, -0.25) is 4.90 Å². The molecule has 2 aliphatic heterocycles. The first-order chi connectivity index (χ1) is 10.4. The maximum absolute atomic E-state index is 13.0. The fourth-order valence-corrected chi connectivity index (χ4v) is 2.95. The van der Waals surface area contributed by atoms with Crippen LogP contribution >= 0.6 is 0 Å². The summed E-state index contributed by atoms with van der Waals surface area (Å²) in [6.45, 7) is 3.23. The van der Waals surface area contributed by atoms with Gasteiger partial charge in [0.25, 0.3) is 0 Å².